The van der Waals surface area contributed by atoms with E-state index < -0.39 is 17.9 Å². The minimum Gasteiger partial charge on any atom is -0.332 e. The number of nitrogens with zero attached hydrogens (tertiary/aromatic N) is 3. The first-order chi connectivity index (χ1) is 14.7. The van der Waals surface area contributed by atoms with E-state index in [1.807, 2.05) is 26.0 Å². The average Bonchev–Trinajstić information content (AvgIpc) is 3.36. The summed E-state index contributed by atoms with van der Waals surface area (Å²) in [5.41, 5.74) is 2.88. The molecule has 2 heterocycles. The molecule has 0 unspecified atom stereocenters. The van der Waals surface area contributed by atoms with Crippen molar-refractivity contribution in [3.8, 4) is 5.69 Å². The van der Waals surface area contributed by atoms with Gasteiger partial charge in [0.05, 0.1) is 35.3 Å². The summed E-state index contributed by atoms with van der Waals surface area (Å²) >= 11 is 0. The average molecular weight is 428 g/mol. The van der Waals surface area contributed by atoms with Crippen molar-refractivity contribution in [3.63, 3.8) is 0 Å². The predicted octanol–water partition coefficient (Wildman–Crippen LogP) is 4.71. The zero-order valence-corrected chi connectivity index (χ0v) is 16.7. The summed E-state index contributed by atoms with van der Waals surface area (Å²) in [5, 5.41) is 16.5. The zero-order valence-electron chi connectivity index (χ0n) is 16.7. The van der Waals surface area contributed by atoms with E-state index in [2.05, 4.69) is 25.9 Å². The van der Waals surface area contributed by atoms with E-state index in [1.54, 1.807) is 30.5 Å². The van der Waals surface area contributed by atoms with Crippen molar-refractivity contribution < 1.29 is 18.0 Å². The largest absolute Gasteiger partial charge is 0.435 e. The van der Waals surface area contributed by atoms with Crippen LogP contribution in [0, 0.1) is 13.8 Å². The zero-order chi connectivity index (χ0) is 22.2. The van der Waals surface area contributed by atoms with Crippen LogP contribution in [0.15, 0.2) is 48.7 Å². The molecule has 3 N–H and O–H groups in total. The number of aromatic nitrogens is 4. The lowest BCUT2D eigenvalue weighted by Gasteiger charge is -2.11. The summed E-state index contributed by atoms with van der Waals surface area (Å²) in [6, 6.07) is 10.9. The quantitative estimate of drug-likeness (QED) is 0.440. The number of nitrogens with one attached hydrogen (secondary N) is 3. The fourth-order valence-corrected chi connectivity index (χ4v) is 3.18. The van der Waals surface area contributed by atoms with Gasteiger partial charge in [-0.2, -0.15) is 23.4 Å². The van der Waals surface area contributed by atoms with Crippen LogP contribution in [0.1, 0.15) is 22.5 Å². The molecule has 0 fully saturated rings. The summed E-state index contributed by atoms with van der Waals surface area (Å²) in [6.07, 6.45) is -3.02. The number of fused-ring (bicyclic) bond motifs is 1. The van der Waals surface area contributed by atoms with E-state index >= 15 is 0 Å². The molecule has 7 nitrogen and oxygen atoms in total. The number of rotatable bonds is 4. The van der Waals surface area contributed by atoms with Gasteiger partial charge in [0.2, 0.25) is 0 Å². The molecule has 2 aromatic heterocycles. The van der Waals surface area contributed by atoms with Crippen LogP contribution in [0.25, 0.3) is 16.6 Å². The minimum absolute atomic E-state index is 0.150. The molecule has 4 rings (SSSR count). The van der Waals surface area contributed by atoms with Crippen LogP contribution in [0.5, 0.6) is 0 Å². The molecule has 0 spiro atoms. The fraction of sp³-hybridized carbons (Fsp3) is 0.190. The maximum absolute atomic E-state index is 13.3. The van der Waals surface area contributed by atoms with Gasteiger partial charge in [-0.05, 0) is 55.3 Å². The van der Waals surface area contributed by atoms with Crippen molar-refractivity contribution in [2.24, 2.45) is 0 Å². The highest BCUT2D eigenvalue weighted by Crippen LogP contribution is 2.30. The van der Waals surface area contributed by atoms with Crippen molar-refractivity contribution in [1.82, 2.24) is 25.3 Å². The lowest BCUT2D eigenvalue weighted by Crippen LogP contribution is -2.29. The van der Waals surface area contributed by atoms with Crippen LogP contribution >= 0.6 is 0 Å². The van der Waals surface area contributed by atoms with Crippen molar-refractivity contribution in [3.05, 3.63) is 71.2 Å². The Balaban J connectivity index is 1.57. The van der Waals surface area contributed by atoms with Gasteiger partial charge in [0.25, 0.3) is 0 Å². The number of aromatic amines is 1. The SMILES string of the molecule is Cc1ccc(-n2nc(C(F)(F)F)cc2CNC(=O)Nc2cccc3[nH]ncc23)cc1C. The molecule has 160 valence electrons. The molecular weight excluding hydrogens is 409 g/mol. The summed E-state index contributed by atoms with van der Waals surface area (Å²) < 4.78 is 41.0. The summed E-state index contributed by atoms with van der Waals surface area (Å²) in [6.45, 7) is 3.63. The molecule has 0 saturated heterocycles. The molecule has 10 heteroatoms. The van der Waals surface area contributed by atoms with Crippen LogP contribution in [-0.2, 0) is 12.7 Å². The van der Waals surface area contributed by atoms with Crippen molar-refractivity contribution in [2.75, 3.05) is 5.32 Å². The standard InChI is InChI=1S/C21H19F3N6O/c1-12-6-7-14(8-13(12)2)30-15(9-19(29-30)21(22,23)24)10-25-20(31)27-17-4-3-5-18-16(17)11-26-28-18/h3-9,11H,10H2,1-2H3,(H,26,28)(H2,25,27,31). The number of halogens is 3. The van der Waals surface area contributed by atoms with Crippen LogP contribution in [0.4, 0.5) is 23.7 Å². The molecule has 0 aliphatic carbocycles. The highest BCUT2D eigenvalue weighted by atomic mass is 19.4. The fourth-order valence-electron chi connectivity index (χ4n) is 3.18. The molecule has 4 aromatic rings. The monoisotopic (exact) mass is 428 g/mol. The number of urea groups is 1. The third-order valence-corrected chi connectivity index (χ3v) is 4.97. The Morgan fingerprint density at radius 3 is 2.68 bits per heavy atom. The molecule has 0 saturated carbocycles. The van der Waals surface area contributed by atoms with E-state index in [0.29, 0.717) is 11.4 Å². The second kappa shape index (κ2) is 7.78. The Hall–Kier alpha value is -3.82. The smallest absolute Gasteiger partial charge is 0.332 e. The first kappa shape index (κ1) is 20.5. The van der Waals surface area contributed by atoms with Gasteiger partial charge in [-0.1, -0.05) is 12.1 Å². The minimum atomic E-state index is -4.60. The number of hydrogen-bond donors (Lipinski definition) is 3. The summed E-state index contributed by atoms with van der Waals surface area (Å²) in [5.74, 6) is 0. The van der Waals surface area contributed by atoms with E-state index in [0.717, 1.165) is 28.1 Å². The lowest BCUT2D eigenvalue weighted by molar-refractivity contribution is -0.141. The van der Waals surface area contributed by atoms with E-state index in [9.17, 15) is 18.0 Å². The first-order valence-electron chi connectivity index (χ1n) is 9.43. The molecule has 31 heavy (non-hydrogen) atoms. The lowest BCUT2D eigenvalue weighted by atomic mass is 10.1. The summed E-state index contributed by atoms with van der Waals surface area (Å²) in [4.78, 5) is 12.4. The van der Waals surface area contributed by atoms with E-state index in [1.165, 1.54) is 4.68 Å². The molecule has 2 aromatic carbocycles. The molecule has 0 bridgehead atoms. The topological polar surface area (TPSA) is 87.6 Å². The van der Waals surface area contributed by atoms with Crippen molar-refractivity contribution in [1.29, 1.82) is 0 Å². The third kappa shape index (κ3) is 4.23. The van der Waals surface area contributed by atoms with Crippen molar-refractivity contribution in [2.45, 2.75) is 26.6 Å². The number of carbonyl (C=O) groups excluding carboxylic acids is 1. The molecule has 0 aliphatic rings. The number of carbonyl (C=O) groups is 1. The van der Waals surface area contributed by atoms with Crippen LogP contribution < -0.4 is 10.6 Å². The van der Waals surface area contributed by atoms with Gasteiger partial charge in [-0.15, -0.1) is 0 Å². The Bertz CT molecular complexity index is 1260. The Morgan fingerprint density at radius 1 is 1.13 bits per heavy atom. The van der Waals surface area contributed by atoms with E-state index in [-0.39, 0.29) is 12.2 Å². The Labute approximate surface area is 175 Å². The highest BCUT2D eigenvalue weighted by Gasteiger charge is 2.35. The number of benzene rings is 2. The predicted molar refractivity (Wildman–Crippen MR) is 110 cm³/mol. The number of anilines is 1. The van der Waals surface area contributed by atoms with Gasteiger partial charge < -0.3 is 10.6 Å². The van der Waals surface area contributed by atoms with Crippen LogP contribution in [-0.4, -0.2) is 26.0 Å². The molecule has 0 atom stereocenters. The number of amides is 2. The van der Waals surface area contributed by atoms with Gasteiger partial charge in [0.1, 0.15) is 0 Å². The van der Waals surface area contributed by atoms with E-state index in [4.69, 9.17) is 0 Å². The second-order valence-electron chi connectivity index (χ2n) is 7.14. The normalized spacial score (nSPS) is 11.6. The number of aryl methyl sites for hydroxylation is 2. The highest BCUT2D eigenvalue weighted by molar-refractivity contribution is 6.00. The van der Waals surface area contributed by atoms with Gasteiger partial charge >= 0.3 is 12.2 Å². The third-order valence-electron chi connectivity index (χ3n) is 4.97. The maximum Gasteiger partial charge on any atom is 0.435 e. The molecule has 0 aliphatic heterocycles. The number of alkyl halides is 3. The molecule has 2 amide bonds. The summed E-state index contributed by atoms with van der Waals surface area (Å²) in [7, 11) is 0. The van der Waals surface area contributed by atoms with Crippen LogP contribution in [0.2, 0.25) is 0 Å². The van der Waals surface area contributed by atoms with Crippen molar-refractivity contribution >= 4 is 22.6 Å². The second-order valence-corrected chi connectivity index (χ2v) is 7.14. The van der Waals surface area contributed by atoms with Gasteiger partial charge in [0, 0.05) is 5.39 Å². The van der Waals surface area contributed by atoms with Gasteiger partial charge in [-0.3, -0.25) is 5.10 Å². The van der Waals surface area contributed by atoms with Crippen LogP contribution in [0.3, 0.4) is 0 Å². The first-order valence-corrected chi connectivity index (χ1v) is 9.43. The van der Waals surface area contributed by atoms with Gasteiger partial charge in [0.15, 0.2) is 5.69 Å². The Morgan fingerprint density at radius 2 is 1.94 bits per heavy atom. The molecule has 0 radical (unpaired) electrons. The number of hydrogen-bond acceptors (Lipinski definition) is 3. The van der Waals surface area contributed by atoms with Gasteiger partial charge in [-0.25, -0.2) is 9.48 Å². The maximum atomic E-state index is 13.3. The number of H-pyrrole nitrogens is 1. The Kier molecular flexibility index (Phi) is 5.14. The molecular formula is C21H19F3N6O.